The molecule has 1 N–H and O–H groups in total. The molecule has 4 heteroatoms. The van der Waals surface area contributed by atoms with Crippen molar-refractivity contribution >= 4 is 5.97 Å². The van der Waals surface area contributed by atoms with Crippen LogP contribution >= 0.6 is 0 Å². The average molecular weight is 257 g/mol. The largest absolute Gasteiger partial charge is 0.481 e. The number of carboxylic acid groups (broad SMARTS) is 1. The summed E-state index contributed by atoms with van der Waals surface area (Å²) in [7, 11) is 2.03. The Hall–Kier alpha value is -0.610. The minimum Gasteiger partial charge on any atom is -0.481 e. The maximum absolute atomic E-state index is 11.5. The predicted molar refractivity (Wildman–Crippen MR) is 71.7 cm³/mol. The average Bonchev–Trinajstić information content (AvgIpc) is 2.37. The minimum atomic E-state index is -0.667. The summed E-state index contributed by atoms with van der Waals surface area (Å²) in [6, 6.07) is 0. The van der Waals surface area contributed by atoms with Crippen LogP contribution in [0.2, 0.25) is 0 Å². The fourth-order valence-corrected chi connectivity index (χ4v) is 2.82. The molecule has 0 saturated carbocycles. The second-order valence-corrected chi connectivity index (χ2v) is 5.57. The molecule has 1 unspecified atom stereocenters. The molecule has 0 aromatic heterocycles. The molecule has 0 aromatic rings. The number of carbonyl (C=O) groups is 1. The summed E-state index contributed by atoms with van der Waals surface area (Å²) in [5, 5.41) is 9.43. The first-order chi connectivity index (χ1) is 8.54. The van der Waals surface area contributed by atoms with Gasteiger partial charge in [-0.25, -0.2) is 0 Å². The lowest BCUT2D eigenvalue weighted by Crippen LogP contribution is -2.43. The second kappa shape index (κ2) is 7.10. The van der Waals surface area contributed by atoms with E-state index in [9.17, 15) is 9.90 Å². The van der Waals surface area contributed by atoms with Crippen LogP contribution in [0.1, 0.15) is 39.5 Å². The zero-order chi connectivity index (χ0) is 13.6. The maximum atomic E-state index is 11.5. The van der Waals surface area contributed by atoms with E-state index < -0.39 is 11.4 Å². The molecule has 18 heavy (non-hydrogen) atoms. The summed E-state index contributed by atoms with van der Waals surface area (Å²) in [6.07, 6.45) is 3.70. The van der Waals surface area contributed by atoms with Gasteiger partial charge in [0.25, 0.3) is 0 Å². The van der Waals surface area contributed by atoms with Crippen molar-refractivity contribution in [1.29, 1.82) is 0 Å². The van der Waals surface area contributed by atoms with Crippen molar-refractivity contribution in [3.63, 3.8) is 0 Å². The number of nitrogens with zero attached hydrogens (tertiary/aromatic N) is 1. The van der Waals surface area contributed by atoms with Crippen LogP contribution in [0.5, 0.6) is 0 Å². The topological polar surface area (TPSA) is 49.8 Å². The van der Waals surface area contributed by atoms with Gasteiger partial charge in [0.15, 0.2) is 0 Å². The number of hydrogen-bond donors (Lipinski definition) is 1. The van der Waals surface area contributed by atoms with Crippen LogP contribution < -0.4 is 0 Å². The Labute approximate surface area is 110 Å². The third-order valence-corrected chi connectivity index (χ3v) is 4.20. The van der Waals surface area contributed by atoms with Crippen molar-refractivity contribution in [2.24, 2.45) is 11.3 Å². The molecule has 0 radical (unpaired) electrons. The van der Waals surface area contributed by atoms with E-state index in [-0.39, 0.29) is 0 Å². The molecule has 1 atom stereocenters. The van der Waals surface area contributed by atoms with Crippen molar-refractivity contribution < 1.29 is 14.6 Å². The Bertz CT molecular complexity index is 258. The molecule has 1 heterocycles. The molecule has 1 saturated heterocycles. The van der Waals surface area contributed by atoms with E-state index in [1.54, 1.807) is 0 Å². The van der Waals surface area contributed by atoms with Gasteiger partial charge >= 0.3 is 5.97 Å². The number of ether oxygens (including phenoxy) is 1. The highest BCUT2D eigenvalue weighted by Crippen LogP contribution is 2.28. The van der Waals surface area contributed by atoms with E-state index in [1.807, 2.05) is 20.9 Å². The highest BCUT2D eigenvalue weighted by molar-refractivity contribution is 5.74. The van der Waals surface area contributed by atoms with Gasteiger partial charge in [0.05, 0.1) is 12.0 Å². The third-order valence-electron chi connectivity index (χ3n) is 4.20. The molecule has 0 aliphatic carbocycles. The van der Waals surface area contributed by atoms with E-state index >= 15 is 0 Å². The Morgan fingerprint density at radius 1 is 1.44 bits per heavy atom. The lowest BCUT2D eigenvalue weighted by atomic mass is 9.81. The van der Waals surface area contributed by atoms with Gasteiger partial charge < -0.3 is 14.7 Å². The summed E-state index contributed by atoms with van der Waals surface area (Å²) in [6.45, 7) is 7.21. The first kappa shape index (κ1) is 15.4. The summed E-state index contributed by atoms with van der Waals surface area (Å²) < 4.78 is 5.47. The van der Waals surface area contributed by atoms with E-state index in [1.165, 1.54) is 6.42 Å². The van der Waals surface area contributed by atoms with Gasteiger partial charge in [0.2, 0.25) is 0 Å². The van der Waals surface area contributed by atoms with Crippen LogP contribution in [0.25, 0.3) is 0 Å². The van der Waals surface area contributed by atoms with Gasteiger partial charge in [-0.2, -0.15) is 0 Å². The van der Waals surface area contributed by atoms with Gasteiger partial charge in [-0.1, -0.05) is 13.8 Å². The van der Waals surface area contributed by atoms with Crippen molar-refractivity contribution in [2.45, 2.75) is 39.5 Å². The first-order valence-corrected chi connectivity index (χ1v) is 7.03. The molecule has 1 aliphatic heterocycles. The van der Waals surface area contributed by atoms with Crippen LogP contribution in [0.3, 0.4) is 0 Å². The highest BCUT2D eigenvalue weighted by Gasteiger charge is 2.36. The number of rotatable bonds is 7. The normalized spacial score (nSPS) is 21.2. The van der Waals surface area contributed by atoms with Crippen molar-refractivity contribution in [3.05, 3.63) is 0 Å². The van der Waals surface area contributed by atoms with E-state index in [4.69, 9.17) is 4.74 Å². The Kier molecular flexibility index (Phi) is 6.09. The van der Waals surface area contributed by atoms with Crippen LogP contribution in [-0.2, 0) is 9.53 Å². The summed E-state index contributed by atoms with van der Waals surface area (Å²) in [5.41, 5.74) is -0.593. The standard InChI is InChI=1S/C14H27NO3/c1-4-14(5-2,13(16)17)11-15(3)9-12-7-6-8-18-10-12/h12H,4-11H2,1-3H3,(H,16,17). The summed E-state index contributed by atoms with van der Waals surface area (Å²) >= 11 is 0. The third kappa shape index (κ3) is 3.95. The van der Waals surface area contributed by atoms with Crippen LogP contribution in [-0.4, -0.2) is 49.3 Å². The zero-order valence-corrected chi connectivity index (χ0v) is 11.9. The minimum absolute atomic E-state index is 0.559. The molecule has 4 nitrogen and oxygen atoms in total. The van der Waals surface area contributed by atoms with Gasteiger partial charge in [-0.15, -0.1) is 0 Å². The fourth-order valence-electron chi connectivity index (χ4n) is 2.82. The highest BCUT2D eigenvalue weighted by atomic mass is 16.5. The SMILES string of the molecule is CCC(CC)(CN(C)CC1CCCOC1)C(=O)O. The van der Waals surface area contributed by atoms with Gasteiger partial charge in [-0.05, 0) is 38.6 Å². The second-order valence-electron chi connectivity index (χ2n) is 5.57. The molecule has 1 aliphatic rings. The molecule has 0 aromatic carbocycles. The quantitative estimate of drug-likeness (QED) is 0.760. The van der Waals surface area contributed by atoms with Gasteiger partial charge in [0.1, 0.15) is 0 Å². The number of aliphatic carboxylic acids is 1. The zero-order valence-electron chi connectivity index (χ0n) is 11.9. The fraction of sp³-hybridized carbons (Fsp3) is 0.929. The molecular weight excluding hydrogens is 230 g/mol. The molecule has 106 valence electrons. The summed E-state index contributed by atoms with van der Waals surface area (Å²) in [5.74, 6) is -0.108. The number of hydrogen-bond acceptors (Lipinski definition) is 3. The molecular formula is C14H27NO3. The molecule has 0 spiro atoms. The van der Waals surface area contributed by atoms with Crippen molar-refractivity contribution in [1.82, 2.24) is 4.90 Å². The summed E-state index contributed by atoms with van der Waals surface area (Å²) in [4.78, 5) is 13.6. The Morgan fingerprint density at radius 2 is 2.11 bits per heavy atom. The van der Waals surface area contributed by atoms with Crippen molar-refractivity contribution in [2.75, 3.05) is 33.4 Å². The van der Waals surface area contributed by atoms with Crippen LogP contribution in [0.15, 0.2) is 0 Å². The Balaban J connectivity index is 2.50. The van der Waals surface area contributed by atoms with Crippen LogP contribution in [0.4, 0.5) is 0 Å². The molecule has 1 rings (SSSR count). The van der Waals surface area contributed by atoms with Crippen molar-refractivity contribution in [3.8, 4) is 0 Å². The van der Waals surface area contributed by atoms with E-state index in [0.717, 1.165) is 26.2 Å². The lowest BCUT2D eigenvalue weighted by Gasteiger charge is -2.34. The lowest BCUT2D eigenvalue weighted by molar-refractivity contribution is -0.150. The smallest absolute Gasteiger partial charge is 0.310 e. The first-order valence-electron chi connectivity index (χ1n) is 7.03. The Morgan fingerprint density at radius 3 is 2.56 bits per heavy atom. The molecule has 0 bridgehead atoms. The monoisotopic (exact) mass is 257 g/mol. The molecule has 0 amide bonds. The van der Waals surface area contributed by atoms with E-state index in [2.05, 4.69) is 4.90 Å². The van der Waals surface area contributed by atoms with Gasteiger partial charge in [-0.3, -0.25) is 4.79 Å². The van der Waals surface area contributed by atoms with E-state index in [0.29, 0.717) is 25.3 Å². The predicted octanol–water partition coefficient (Wildman–Crippen LogP) is 2.24. The number of carboxylic acids is 1. The maximum Gasteiger partial charge on any atom is 0.310 e. The van der Waals surface area contributed by atoms with Crippen LogP contribution in [0, 0.1) is 11.3 Å². The van der Waals surface area contributed by atoms with Gasteiger partial charge in [0, 0.05) is 19.7 Å². The molecule has 1 fully saturated rings.